The molecular formula is C55H37NO2. The molecule has 9 aromatic carbocycles. The molecule has 0 radical (unpaired) electrons. The predicted octanol–water partition coefficient (Wildman–Crippen LogP) is 15.7. The first-order valence-electron chi connectivity index (χ1n) is 20.0. The van der Waals surface area contributed by atoms with Gasteiger partial charge in [0.05, 0.1) is 0 Å². The number of nitrogens with zero attached hydrogens (tertiary/aromatic N) is 1. The van der Waals surface area contributed by atoms with Crippen LogP contribution in [0.15, 0.2) is 197 Å². The molecule has 0 spiro atoms. The maximum atomic E-state index is 6.94. The van der Waals surface area contributed by atoms with Crippen LogP contribution in [0.2, 0.25) is 0 Å². The Labute approximate surface area is 336 Å². The van der Waals surface area contributed by atoms with Crippen molar-refractivity contribution < 1.29 is 8.83 Å². The SMILES string of the molecule is CC1(C)c2ccccc2-c2ccc(N(c3ccc(-c4ccccc4)cc3)c3ccc4c(c3)oc3cc(-c5cccc6oc7ccccc7c56)c5ccccc5c34)cc21. The molecule has 0 aliphatic heterocycles. The molecule has 3 heteroatoms. The van der Waals surface area contributed by atoms with E-state index in [1.807, 2.05) is 12.1 Å². The summed E-state index contributed by atoms with van der Waals surface area (Å²) >= 11 is 0. The van der Waals surface area contributed by atoms with Gasteiger partial charge in [-0.25, -0.2) is 0 Å². The lowest BCUT2D eigenvalue weighted by atomic mass is 9.82. The average Bonchev–Trinajstić information content (AvgIpc) is 3.91. The number of rotatable bonds is 5. The number of hydrogen-bond donors (Lipinski definition) is 0. The zero-order valence-corrected chi connectivity index (χ0v) is 32.2. The molecule has 2 heterocycles. The largest absolute Gasteiger partial charge is 0.456 e. The summed E-state index contributed by atoms with van der Waals surface area (Å²) in [4.78, 5) is 2.37. The van der Waals surface area contributed by atoms with E-state index in [2.05, 4.69) is 195 Å². The highest BCUT2D eigenvalue weighted by Crippen LogP contribution is 2.51. The van der Waals surface area contributed by atoms with Gasteiger partial charge in [0.25, 0.3) is 0 Å². The van der Waals surface area contributed by atoms with Crippen molar-refractivity contribution in [1.82, 2.24) is 0 Å². The molecule has 274 valence electrons. The second-order valence-electron chi connectivity index (χ2n) is 16.1. The third-order valence-corrected chi connectivity index (χ3v) is 12.5. The summed E-state index contributed by atoms with van der Waals surface area (Å²) in [6.07, 6.45) is 0. The molecule has 12 rings (SSSR count). The molecule has 0 fully saturated rings. The molecular weight excluding hydrogens is 707 g/mol. The van der Waals surface area contributed by atoms with Gasteiger partial charge in [-0.1, -0.05) is 141 Å². The summed E-state index contributed by atoms with van der Waals surface area (Å²) in [6.45, 7) is 4.68. The van der Waals surface area contributed by atoms with Crippen LogP contribution >= 0.6 is 0 Å². The van der Waals surface area contributed by atoms with Crippen LogP contribution in [0.25, 0.3) is 88.0 Å². The van der Waals surface area contributed by atoms with Gasteiger partial charge in [0.1, 0.15) is 22.3 Å². The molecule has 58 heavy (non-hydrogen) atoms. The van der Waals surface area contributed by atoms with E-state index in [9.17, 15) is 0 Å². The van der Waals surface area contributed by atoms with Gasteiger partial charge in [-0.3, -0.25) is 0 Å². The third-order valence-electron chi connectivity index (χ3n) is 12.5. The molecule has 0 bridgehead atoms. The van der Waals surface area contributed by atoms with Crippen molar-refractivity contribution in [3.63, 3.8) is 0 Å². The fraction of sp³-hybridized carbons (Fsp3) is 0.0545. The maximum absolute atomic E-state index is 6.94. The molecule has 0 unspecified atom stereocenters. The van der Waals surface area contributed by atoms with Gasteiger partial charge in [-0.2, -0.15) is 0 Å². The van der Waals surface area contributed by atoms with Crippen LogP contribution in [-0.2, 0) is 5.41 Å². The molecule has 0 saturated carbocycles. The highest BCUT2D eigenvalue weighted by atomic mass is 16.3. The van der Waals surface area contributed by atoms with Crippen LogP contribution in [0, 0.1) is 0 Å². The van der Waals surface area contributed by atoms with E-state index < -0.39 is 0 Å². The van der Waals surface area contributed by atoms with E-state index in [0.29, 0.717) is 0 Å². The van der Waals surface area contributed by atoms with Gasteiger partial charge in [0.2, 0.25) is 0 Å². The Morgan fingerprint density at radius 1 is 0.345 bits per heavy atom. The third kappa shape index (κ3) is 4.80. The first-order valence-corrected chi connectivity index (χ1v) is 20.0. The number of hydrogen-bond acceptors (Lipinski definition) is 3. The van der Waals surface area contributed by atoms with Crippen LogP contribution in [0.5, 0.6) is 0 Å². The predicted molar refractivity (Wildman–Crippen MR) is 242 cm³/mol. The van der Waals surface area contributed by atoms with Crippen LogP contribution in [-0.4, -0.2) is 0 Å². The van der Waals surface area contributed by atoms with Crippen molar-refractivity contribution in [2.45, 2.75) is 19.3 Å². The lowest BCUT2D eigenvalue weighted by Gasteiger charge is -2.28. The van der Waals surface area contributed by atoms with E-state index in [4.69, 9.17) is 8.83 Å². The molecule has 11 aromatic rings. The van der Waals surface area contributed by atoms with Crippen LogP contribution in [0.4, 0.5) is 17.1 Å². The first kappa shape index (κ1) is 32.8. The zero-order valence-electron chi connectivity index (χ0n) is 32.2. The topological polar surface area (TPSA) is 29.5 Å². The summed E-state index contributed by atoms with van der Waals surface area (Å²) < 4.78 is 13.3. The van der Waals surface area contributed by atoms with Gasteiger partial charge in [0.15, 0.2) is 0 Å². The van der Waals surface area contributed by atoms with Crippen molar-refractivity contribution in [2.75, 3.05) is 4.90 Å². The monoisotopic (exact) mass is 743 g/mol. The van der Waals surface area contributed by atoms with E-state index >= 15 is 0 Å². The number of para-hydroxylation sites is 1. The van der Waals surface area contributed by atoms with E-state index in [1.165, 1.54) is 44.2 Å². The molecule has 0 atom stereocenters. The maximum Gasteiger partial charge on any atom is 0.137 e. The minimum atomic E-state index is -0.126. The van der Waals surface area contributed by atoms with E-state index in [1.54, 1.807) is 0 Å². The molecule has 0 N–H and O–H groups in total. The van der Waals surface area contributed by atoms with Crippen LogP contribution in [0.1, 0.15) is 25.0 Å². The molecule has 0 amide bonds. The average molecular weight is 744 g/mol. The second-order valence-corrected chi connectivity index (χ2v) is 16.1. The van der Waals surface area contributed by atoms with Crippen molar-refractivity contribution in [1.29, 1.82) is 0 Å². The van der Waals surface area contributed by atoms with Crippen LogP contribution < -0.4 is 4.90 Å². The Bertz CT molecular complexity index is 3420. The van der Waals surface area contributed by atoms with Crippen molar-refractivity contribution in [3.05, 3.63) is 199 Å². The van der Waals surface area contributed by atoms with Crippen LogP contribution in [0.3, 0.4) is 0 Å². The minimum absolute atomic E-state index is 0.126. The first-order chi connectivity index (χ1) is 28.5. The molecule has 1 aliphatic carbocycles. The Morgan fingerprint density at radius 3 is 1.81 bits per heavy atom. The number of benzene rings is 9. The van der Waals surface area contributed by atoms with Gasteiger partial charge < -0.3 is 13.7 Å². The second kappa shape index (κ2) is 12.3. The van der Waals surface area contributed by atoms with Crippen molar-refractivity contribution in [3.8, 4) is 33.4 Å². The van der Waals surface area contributed by atoms with Crippen molar-refractivity contribution in [2.24, 2.45) is 0 Å². The molecule has 3 nitrogen and oxygen atoms in total. The Kier molecular flexibility index (Phi) is 6.98. The van der Waals surface area contributed by atoms with E-state index in [0.717, 1.165) is 72.1 Å². The molecule has 0 saturated heterocycles. The standard InChI is InChI=1S/C55H37NO2/c1-55(2)47-20-10-8-16-40(47)41-29-27-37(31-48(41)55)56(36-25-23-35(24-26-36)34-13-4-3-5-14-34)38-28-30-45-51(32-38)58-52-33-46(39-15-6-7-17-42(39)54(45)52)43-19-12-22-50-53(43)44-18-9-11-21-49(44)57-50/h3-33H,1-2H3. The number of fused-ring (bicyclic) bond motifs is 11. The number of furan rings is 2. The fourth-order valence-corrected chi connectivity index (χ4v) is 9.70. The molecule has 1 aliphatic rings. The van der Waals surface area contributed by atoms with E-state index in [-0.39, 0.29) is 5.41 Å². The quantitative estimate of drug-likeness (QED) is 0.176. The summed E-state index contributed by atoms with van der Waals surface area (Å²) in [5.41, 5.74) is 16.5. The summed E-state index contributed by atoms with van der Waals surface area (Å²) in [6, 6.07) is 67.6. The Morgan fingerprint density at radius 2 is 0.948 bits per heavy atom. The van der Waals surface area contributed by atoms with Gasteiger partial charge in [-0.15, -0.1) is 0 Å². The molecule has 2 aromatic heterocycles. The normalized spacial score (nSPS) is 13.1. The van der Waals surface area contributed by atoms with Gasteiger partial charge in [0, 0.05) is 50.1 Å². The Balaban J connectivity index is 1.05. The van der Waals surface area contributed by atoms with Crippen molar-refractivity contribution >= 4 is 71.7 Å². The lowest BCUT2D eigenvalue weighted by molar-refractivity contribution is 0.660. The highest BCUT2D eigenvalue weighted by molar-refractivity contribution is 6.24. The smallest absolute Gasteiger partial charge is 0.137 e. The zero-order chi connectivity index (χ0) is 38.5. The lowest BCUT2D eigenvalue weighted by Crippen LogP contribution is -2.16. The minimum Gasteiger partial charge on any atom is -0.456 e. The summed E-state index contributed by atoms with van der Waals surface area (Å²) in [5, 5.41) is 6.80. The van der Waals surface area contributed by atoms with Gasteiger partial charge in [-0.05, 0) is 110 Å². The summed E-state index contributed by atoms with van der Waals surface area (Å²) in [7, 11) is 0. The highest BCUT2D eigenvalue weighted by Gasteiger charge is 2.35. The summed E-state index contributed by atoms with van der Waals surface area (Å²) in [5.74, 6) is 0. The Hall–Kier alpha value is -7.36. The number of anilines is 3. The van der Waals surface area contributed by atoms with Gasteiger partial charge >= 0.3 is 0 Å². The fourth-order valence-electron chi connectivity index (χ4n) is 9.70.